The average molecular weight is 361 g/mol. The van der Waals surface area contributed by atoms with Crippen LogP contribution in [0.3, 0.4) is 0 Å². The Bertz CT molecular complexity index is 671. The molecule has 0 aliphatic carbocycles. The summed E-state index contributed by atoms with van der Waals surface area (Å²) < 4.78 is 5.55. The number of hydrogen-bond donors (Lipinski definition) is 1. The normalized spacial score (nSPS) is 15.4. The van der Waals surface area contributed by atoms with E-state index in [2.05, 4.69) is 40.1 Å². The zero-order valence-electron chi connectivity index (χ0n) is 14.8. The Morgan fingerprint density at radius 1 is 1.24 bits per heavy atom. The maximum Gasteiger partial charge on any atom is 0.155 e. The summed E-state index contributed by atoms with van der Waals surface area (Å²) in [6.07, 6.45) is 5.52. The first-order valence-corrected chi connectivity index (χ1v) is 9.19. The molecule has 1 N–H and O–H groups in total. The van der Waals surface area contributed by atoms with Crippen LogP contribution in [-0.2, 0) is 4.74 Å². The van der Waals surface area contributed by atoms with E-state index in [-0.39, 0.29) is 0 Å². The minimum Gasteiger partial charge on any atom is -0.381 e. The van der Waals surface area contributed by atoms with Crippen molar-refractivity contribution >= 4 is 28.9 Å². The minimum absolute atomic E-state index is 0.471. The fraction of sp³-hybridized carbons (Fsp3) is 0.474. The largest absolute Gasteiger partial charge is 0.381 e. The number of anilines is 3. The van der Waals surface area contributed by atoms with Crippen molar-refractivity contribution in [2.24, 2.45) is 5.92 Å². The quantitative estimate of drug-likeness (QED) is 0.821. The van der Waals surface area contributed by atoms with Crippen LogP contribution < -0.4 is 10.2 Å². The van der Waals surface area contributed by atoms with Crippen LogP contribution in [0, 0.1) is 5.92 Å². The second kappa shape index (κ2) is 8.50. The number of ether oxygens (including phenoxy) is 1. The van der Waals surface area contributed by atoms with Crippen LogP contribution in [-0.4, -0.2) is 35.8 Å². The topological polar surface area (TPSA) is 50.3 Å². The van der Waals surface area contributed by atoms with Crippen molar-refractivity contribution in [1.82, 2.24) is 9.97 Å². The van der Waals surface area contributed by atoms with E-state index < -0.39 is 0 Å². The molecule has 25 heavy (non-hydrogen) atoms. The number of halogens is 1. The maximum absolute atomic E-state index is 5.93. The molecule has 1 aliphatic heterocycles. The Balaban J connectivity index is 1.88. The van der Waals surface area contributed by atoms with Crippen LogP contribution in [0.5, 0.6) is 0 Å². The summed E-state index contributed by atoms with van der Waals surface area (Å²) in [5.41, 5.74) is 1.11. The van der Waals surface area contributed by atoms with Crippen LogP contribution in [0.1, 0.15) is 26.7 Å². The maximum atomic E-state index is 5.93. The van der Waals surface area contributed by atoms with Gasteiger partial charge in [0.1, 0.15) is 5.82 Å². The lowest BCUT2D eigenvalue weighted by Crippen LogP contribution is -2.42. The van der Waals surface area contributed by atoms with Gasteiger partial charge < -0.3 is 15.0 Å². The highest BCUT2D eigenvalue weighted by atomic mass is 35.5. The van der Waals surface area contributed by atoms with E-state index in [9.17, 15) is 0 Å². The molecule has 1 saturated heterocycles. The summed E-state index contributed by atoms with van der Waals surface area (Å²) in [4.78, 5) is 11.4. The second-order valence-electron chi connectivity index (χ2n) is 6.75. The standard InChI is InChI=1S/C19H25ClN4O/c1-14(2)13-24(16-7-10-25-11-8-16)17-4-3-9-21-19(17)23-18-6-5-15(20)12-22-18/h3-6,9,12,14,16H,7-8,10-11,13H2,1-2H3,(H,21,22,23). The SMILES string of the molecule is CC(C)CN(c1cccnc1Nc1ccc(Cl)cn1)C1CCOCC1. The number of hydrogen-bond acceptors (Lipinski definition) is 5. The van der Waals surface area contributed by atoms with Gasteiger partial charge in [0, 0.05) is 38.2 Å². The summed E-state index contributed by atoms with van der Waals surface area (Å²) >= 11 is 5.93. The third kappa shape index (κ3) is 4.83. The number of rotatable bonds is 6. The Hall–Kier alpha value is -1.85. The van der Waals surface area contributed by atoms with Gasteiger partial charge in [0.2, 0.25) is 0 Å². The van der Waals surface area contributed by atoms with Gasteiger partial charge in [0.15, 0.2) is 5.82 Å². The van der Waals surface area contributed by atoms with Crippen LogP contribution in [0.15, 0.2) is 36.7 Å². The summed E-state index contributed by atoms with van der Waals surface area (Å²) in [5.74, 6) is 2.12. The number of aromatic nitrogens is 2. The van der Waals surface area contributed by atoms with Crippen LogP contribution in [0.4, 0.5) is 17.3 Å². The molecule has 0 atom stereocenters. The zero-order chi connectivity index (χ0) is 17.6. The predicted molar refractivity (Wildman–Crippen MR) is 103 cm³/mol. The van der Waals surface area contributed by atoms with Gasteiger partial charge in [-0.3, -0.25) is 0 Å². The van der Waals surface area contributed by atoms with Gasteiger partial charge in [0.25, 0.3) is 0 Å². The molecule has 3 rings (SSSR count). The molecule has 0 spiro atoms. The van der Waals surface area contributed by atoms with Gasteiger partial charge in [-0.15, -0.1) is 0 Å². The Kier molecular flexibility index (Phi) is 6.10. The molecular formula is C19H25ClN4O. The molecule has 5 nitrogen and oxygen atoms in total. The first-order valence-electron chi connectivity index (χ1n) is 8.81. The smallest absolute Gasteiger partial charge is 0.155 e. The van der Waals surface area contributed by atoms with Gasteiger partial charge in [0.05, 0.1) is 10.7 Å². The second-order valence-corrected chi connectivity index (χ2v) is 7.18. The average Bonchev–Trinajstić information content (AvgIpc) is 2.63. The number of pyridine rings is 2. The van der Waals surface area contributed by atoms with Crippen molar-refractivity contribution in [3.63, 3.8) is 0 Å². The lowest BCUT2D eigenvalue weighted by atomic mass is 10.0. The molecule has 1 aliphatic rings. The van der Waals surface area contributed by atoms with Gasteiger partial charge >= 0.3 is 0 Å². The Morgan fingerprint density at radius 2 is 2.04 bits per heavy atom. The lowest BCUT2D eigenvalue weighted by molar-refractivity contribution is 0.0839. The molecule has 0 bridgehead atoms. The van der Waals surface area contributed by atoms with Gasteiger partial charge in [-0.2, -0.15) is 0 Å². The molecule has 0 unspecified atom stereocenters. The summed E-state index contributed by atoms with van der Waals surface area (Å²) in [5, 5.41) is 3.96. The molecular weight excluding hydrogens is 336 g/mol. The van der Waals surface area contributed by atoms with Crippen molar-refractivity contribution < 1.29 is 4.74 Å². The first kappa shape index (κ1) is 18.0. The molecule has 0 aromatic carbocycles. The highest BCUT2D eigenvalue weighted by Gasteiger charge is 2.24. The van der Waals surface area contributed by atoms with Crippen molar-refractivity contribution in [2.75, 3.05) is 30.0 Å². The first-order chi connectivity index (χ1) is 12.1. The third-order valence-electron chi connectivity index (χ3n) is 4.26. The molecule has 6 heteroatoms. The molecule has 2 aromatic rings. The predicted octanol–water partition coefficient (Wildman–Crippen LogP) is 4.52. The molecule has 2 aromatic heterocycles. The van der Waals surface area contributed by atoms with Gasteiger partial charge in [-0.05, 0) is 43.0 Å². The van der Waals surface area contributed by atoms with Crippen molar-refractivity contribution in [3.05, 3.63) is 41.7 Å². The van der Waals surface area contributed by atoms with Crippen molar-refractivity contribution in [1.29, 1.82) is 0 Å². The van der Waals surface area contributed by atoms with E-state index >= 15 is 0 Å². The fourth-order valence-corrected chi connectivity index (χ4v) is 3.24. The summed E-state index contributed by atoms with van der Waals surface area (Å²) in [7, 11) is 0. The zero-order valence-corrected chi connectivity index (χ0v) is 15.5. The molecule has 0 amide bonds. The Labute approximate surface area is 154 Å². The molecule has 3 heterocycles. The lowest BCUT2D eigenvalue weighted by Gasteiger charge is -2.38. The summed E-state index contributed by atoms with van der Waals surface area (Å²) in [6, 6.07) is 8.27. The van der Waals surface area contributed by atoms with E-state index in [4.69, 9.17) is 16.3 Å². The van der Waals surface area contributed by atoms with E-state index in [1.807, 2.05) is 18.2 Å². The minimum atomic E-state index is 0.471. The van der Waals surface area contributed by atoms with Crippen LogP contribution >= 0.6 is 11.6 Å². The monoisotopic (exact) mass is 360 g/mol. The highest BCUT2D eigenvalue weighted by molar-refractivity contribution is 6.30. The number of nitrogens with zero attached hydrogens (tertiary/aromatic N) is 3. The fourth-order valence-electron chi connectivity index (χ4n) is 3.13. The molecule has 0 saturated carbocycles. The van der Waals surface area contributed by atoms with Crippen molar-refractivity contribution in [3.8, 4) is 0 Å². The highest BCUT2D eigenvalue weighted by Crippen LogP contribution is 2.31. The molecule has 0 radical (unpaired) electrons. The van der Waals surface area contributed by atoms with E-state index in [1.165, 1.54) is 0 Å². The van der Waals surface area contributed by atoms with Gasteiger partial charge in [-0.1, -0.05) is 25.4 Å². The van der Waals surface area contributed by atoms with Crippen LogP contribution in [0.25, 0.3) is 0 Å². The third-order valence-corrected chi connectivity index (χ3v) is 4.49. The van der Waals surface area contributed by atoms with E-state index in [0.29, 0.717) is 17.0 Å². The van der Waals surface area contributed by atoms with E-state index in [0.717, 1.165) is 49.9 Å². The van der Waals surface area contributed by atoms with Crippen molar-refractivity contribution in [2.45, 2.75) is 32.7 Å². The van der Waals surface area contributed by atoms with E-state index in [1.54, 1.807) is 12.4 Å². The Morgan fingerprint density at radius 3 is 2.72 bits per heavy atom. The molecule has 1 fully saturated rings. The number of nitrogens with one attached hydrogen (secondary N) is 1. The summed E-state index contributed by atoms with van der Waals surface area (Å²) in [6.45, 7) is 7.12. The molecule has 134 valence electrons. The van der Waals surface area contributed by atoms with Gasteiger partial charge in [-0.25, -0.2) is 9.97 Å². The van der Waals surface area contributed by atoms with Crippen LogP contribution in [0.2, 0.25) is 5.02 Å².